The summed E-state index contributed by atoms with van der Waals surface area (Å²) in [5, 5.41) is 4.26. The number of hydrogen-bond acceptors (Lipinski definition) is 4. The van der Waals surface area contributed by atoms with E-state index in [4.69, 9.17) is 9.47 Å². The number of nitrogens with one attached hydrogen (secondary N) is 1. The Balaban J connectivity index is 2.21. The Kier molecular flexibility index (Phi) is 6.34. The molecule has 1 heterocycles. The predicted octanol–water partition coefficient (Wildman–Crippen LogP) is 3.03. The van der Waals surface area contributed by atoms with Gasteiger partial charge < -0.3 is 14.8 Å². The molecule has 0 spiro atoms. The van der Waals surface area contributed by atoms with Gasteiger partial charge in [-0.3, -0.25) is 0 Å². The Morgan fingerprint density at radius 1 is 1.50 bits per heavy atom. The van der Waals surface area contributed by atoms with Crippen molar-refractivity contribution in [2.75, 3.05) is 20.3 Å². The molecule has 0 unspecified atom stereocenters. The Morgan fingerprint density at radius 3 is 2.81 bits per heavy atom. The standard InChI is InChI=1S/C11H18BrNO2S/c1-8(2)15-5-4-13-7-9-6-10(12)11(14-3)16-9/h6,8,13H,4-5,7H2,1-3H3. The van der Waals surface area contributed by atoms with Crippen LogP contribution in [-0.4, -0.2) is 26.4 Å². The van der Waals surface area contributed by atoms with Crippen molar-refractivity contribution >= 4 is 27.3 Å². The lowest BCUT2D eigenvalue weighted by Crippen LogP contribution is -2.20. The highest BCUT2D eigenvalue weighted by atomic mass is 79.9. The average Bonchev–Trinajstić information content (AvgIpc) is 2.58. The summed E-state index contributed by atoms with van der Waals surface area (Å²) in [6.45, 7) is 6.56. The lowest BCUT2D eigenvalue weighted by Gasteiger charge is -2.07. The van der Waals surface area contributed by atoms with Gasteiger partial charge in [-0.15, -0.1) is 11.3 Å². The molecule has 1 rings (SSSR count). The zero-order chi connectivity index (χ0) is 12.0. The molecule has 1 aromatic rings. The van der Waals surface area contributed by atoms with Crippen molar-refractivity contribution in [3.63, 3.8) is 0 Å². The molecule has 0 aliphatic heterocycles. The van der Waals surface area contributed by atoms with Crippen LogP contribution in [0.4, 0.5) is 0 Å². The number of thiophene rings is 1. The highest BCUT2D eigenvalue weighted by Gasteiger charge is 2.06. The van der Waals surface area contributed by atoms with Gasteiger partial charge in [-0.25, -0.2) is 0 Å². The summed E-state index contributed by atoms with van der Waals surface area (Å²) in [7, 11) is 1.68. The Bertz CT molecular complexity index is 315. The number of ether oxygens (including phenoxy) is 2. The van der Waals surface area contributed by atoms with Gasteiger partial charge in [-0.1, -0.05) is 0 Å². The molecule has 16 heavy (non-hydrogen) atoms. The molecular formula is C11H18BrNO2S. The van der Waals surface area contributed by atoms with Crippen molar-refractivity contribution in [3.8, 4) is 5.06 Å². The van der Waals surface area contributed by atoms with Gasteiger partial charge in [-0.05, 0) is 35.8 Å². The number of hydrogen-bond donors (Lipinski definition) is 1. The van der Waals surface area contributed by atoms with Crippen LogP contribution in [0.2, 0.25) is 0 Å². The molecule has 0 radical (unpaired) electrons. The monoisotopic (exact) mass is 307 g/mol. The summed E-state index contributed by atoms with van der Waals surface area (Å²) in [6, 6.07) is 2.08. The molecule has 0 saturated heterocycles. The second-order valence-electron chi connectivity index (χ2n) is 3.65. The molecule has 0 saturated carbocycles. The van der Waals surface area contributed by atoms with Crippen LogP contribution in [0.1, 0.15) is 18.7 Å². The first kappa shape index (κ1) is 14.0. The van der Waals surface area contributed by atoms with E-state index in [1.807, 2.05) is 13.8 Å². The highest BCUT2D eigenvalue weighted by molar-refractivity contribution is 9.10. The van der Waals surface area contributed by atoms with E-state index in [1.54, 1.807) is 18.4 Å². The molecular weight excluding hydrogens is 290 g/mol. The molecule has 1 aromatic heterocycles. The maximum absolute atomic E-state index is 5.44. The molecule has 0 aliphatic rings. The van der Waals surface area contributed by atoms with Crippen molar-refractivity contribution in [1.29, 1.82) is 0 Å². The van der Waals surface area contributed by atoms with E-state index in [9.17, 15) is 0 Å². The summed E-state index contributed by atoms with van der Waals surface area (Å²) < 4.78 is 11.7. The van der Waals surface area contributed by atoms with Crippen LogP contribution in [0.3, 0.4) is 0 Å². The minimum Gasteiger partial charge on any atom is -0.486 e. The van der Waals surface area contributed by atoms with E-state index in [1.165, 1.54) is 4.88 Å². The normalized spacial score (nSPS) is 11.1. The molecule has 0 fully saturated rings. The minimum absolute atomic E-state index is 0.303. The lowest BCUT2D eigenvalue weighted by molar-refractivity contribution is 0.0807. The van der Waals surface area contributed by atoms with Crippen molar-refractivity contribution < 1.29 is 9.47 Å². The van der Waals surface area contributed by atoms with Crippen molar-refractivity contribution in [1.82, 2.24) is 5.32 Å². The number of methoxy groups -OCH3 is 1. The van der Waals surface area contributed by atoms with E-state index >= 15 is 0 Å². The summed E-state index contributed by atoms with van der Waals surface area (Å²) in [4.78, 5) is 1.26. The molecule has 1 N–H and O–H groups in total. The van der Waals surface area contributed by atoms with Crippen molar-refractivity contribution in [3.05, 3.63) is 15.4 Å². The van der Waals surface area contributed by atoms with E-state index in [0.717, 1.165) is 29.2 Å². The largest absolute Gasteiger partial charge is 0.486 e. The highest BCUT2D eigenvalue weighted by Crippen LogP contribution is 2.34. The lowest BCUT2D eigenvalue weighted by atomic mass is 10.4. The summed E-state index contributed by atoms with van der Waals surface area (Å²) in [6.07, 6.45) is 0.303. The molecule has 5 heteroatoms. The van der Waals surface area contributed by atoms with Crippen LogP contribution < -0.4 is 10.1 Å². The SMILES string of the molecule is COc1sc(CNCCOC(C)C)cc1Br. The number of halogens is 1. The predicted molar refractivity (Wildman–Crippen MR) is 71.4 cm³/mol. The zero-order valence-electron chi connectivity index (χ0n) is 9.88. The van der Waals surface area contributed by atoms with Gasteiger partial charge in [-0.2, -0.15) is 0 Å². The maximum atomic E-state index is 5.44. The van der Waals surface area contributed by atoms with E-state index in [2.05, 4.69) is 27.3 Å². The average molecular weight is 308 g/mol. The fourth-order valence-electron chi connectivity index (χ4n) is 1.20. The van der Waals surface area contributed by atoms with Gasteiger partial charge in [0.1, 0.15) is 0 Å². The van der Waals surface area contributed by atoms with Crippen molar-refractivity contribution in [2.24, 2.45) is 0 Å². The Hall–Kier alpha value is -0.100. The molecule has 0 amide bonds. The van der Waals surface area contributed by atoms with Crippen LogP contribution in [-0.2, 0) is 11.3 Å². The first-order valence-electron chi connectivity index (χ1n) is 5.28. The third-order valence-electron chi connectivity index (χ3n) is 1.92. The van der Waals surface area contributed by atoms with Crippen LogP contribution in [0, 0.1) is 0 Å². The molecule has 92 valence electrons. The third kappa shape index (κ3) is 4.82. The van der Waals surface area contributed by atoms with Crippen LogP contribution in [0.5, 0.6) is 5.06 Å². The molecule has 3 nitrogen and oxygen atoms in total. The minimum atomic E-state index is 0.303. The summed E-state index contributed by atoms with van der Waals surface area (Å²) >= 11 is 5.10. The van der Waals surface area contributed by atoms with E-state index < -0.39 is 0 Å². The smallest absolute Gasteiger partial charge is 0.188 e. The fraction of sp³-hybridized carbons (Fsp3) is 0.636. The molecule has 0 aromatic carbocycles. The molecule has 0 bridgehead atoms. The quantitative estimate of drug-likeness (QED) is 0.785. The van der Waals surface area contributed by atoms with Crippen molar-refractivity contribution in [2.45, 2.75) is 26.5 Å². The Labute approximate surface area is 109 Å². The fourth-order valence-corrected chi connectivity index (χ4v) is 2.86. The van der Waals surface area contributed by atoms with Crippen LogP contribution >= 0.6 is 27.3 Å². The molecule has 0 atom stereocenters. The van der Waals surface area contributed by atoms with Gasteiger partial charge in [0.25, 0.3) is 0 Å². The van der Waals surface area contributed by atoms with Crippen LogP contribution in [0.15, 0.2) is 10.5 Å². The zero-order valence-corrected chi connectivity index (χ0v) is 12.3. The maximum Gasteiger partial charge on any atom is 0.188 e. The van der Waals surface area contributed by atoms with Crippen LogP contribution in [0.25, 0.3) is 0 Å². The van der Waals surface area contributed by atoms with Gasteiger partial charge in [0.05, 0.1) is 24.3 Å². The van der Waals surface area contributed by atoms with E-state index in [0.29, 0.717) is 6.10 Å². The second-order valence-corrected chi connectivity index (χ2v) is 5.60. The number of rotatable bonds is 7. The molecule has 0 aliphatic carbocycles. The van der Waals surface area contributed by atoms with Gasteiger partial charge in [0, 0.05) is 18.0 Å². The van der Waals surface area contributed by atoms with Gasteiger partial charge in [0.15, 0.2) is 5.06 Å². The third-order valence-corrected chi connectivity index (χ3v) is 3.87. The summed E-state index contributed by atoms with van der Waals surface area (Å²) in [5.74, 6) is 0. The van der Waals surface area contributed by atoms with E-state index in [-0.39, 0.29) is 0 Å². The van der Waals surface area contributed by atoms with Gasteiger partial charge in [0.2, 0.25) is 0 Å². The summed E-state index contributed by atoms with van der Waals surface area (Å²) in [5.41, 5.74) is 0. The first-order valence-corrected chi connectivity index (χ1v) is 6.89. The second kappa shape index (κ2) is 7.27. The Morgan fingerprint density at radius 2 is 2.25 bits per heavy atom. The first-order chi connectivity index (χ1) is 7.63. The topological polar surface area (TPSA) is 30.5 Å². The van der Waals surface area contributed by atoms with Gasteiger partial charge >= 0.3 is 0 Å².